The number of rotatable bonds is 10. The van der Waals surface area contributed by atoms with Crippen molar-refractivity contribution in [3.05, 3.63) is 59.7 Å². The van der Waals surface area contributed by atoms with Crippen LogP contribution in [0.4, 0.5) is 0 Å². The smallest absolute Gasteiger partial charge is 0.326 e. The van der Waals surface area contributed by atoms with E-state index in [2.05, 4.69) is 12.2 Å². The molecule has 28 heavy (non-hydrogen) atoms. The Morgan fingerprint density at radius 2 is 1.43 bits per heavy atom. The molecule has 1 amide bonds. The third-order valence-corrected chi connectivity index (χ3v) is 5.56. The summed E-state index contributed by atoms with van der Waals surface area (Å²) >= 11 is 0. The molecule has 3 rings (SSSR count). The summed E-state index contributed by atoms with van der Waals surface area (Å²) in [5.41, 5.74) is 4.01. The van der Waals surface area contributed by atoms with Crippen LogP contribution in [0.15, 0.2) is 48.5 Å². The SMILES string of the molecule is CCCCCCCC[C@@H](NC(=O)C1c2ccccc2-c2ccccc21)C(=O)O. The van der Waals surface area contributed by atoms with Crippen LogP contribution in [0.25, 0.3) is 11.1 Å². The van der Waals surface area contributed by atoms with Gasteiger partial charge in [0.1, 0.15) is 6.04 Å². The highest BCUT2D eigenvalue weighted by Gasteiger charge is 2.35. The second-order valence-corrected chi connectivity index (χ2v) is 7.56. The Balaban J connectivity index is 1.68. The molecule has 1 aliphatic rings. The van der Waals surface area contributed by atoms with E-state index in [9.17, 15) is 14.7 Å². The summed E-state index contributed by atoms with van der Waals surface area (Å²) in [6, 6.07) is 14.9. The molecule has 2 aromatic rings. The molecule has 0 heterocycles. The average Bonchev–Trinajstić information content (AvgIpc) is 3.04. The van der Waals surface area contributed by atoms with E-state index in [-0.39, 0.29) is 5.91 Å². The zero-order valence-corrected chi connectivity index (χ0v) is 16.5. The normalized spacial score (nSPS) is 13.6. The van der Waals surface area contributed by atoms with Gasteiger partial charge in [0.15, 0.2) is 0 Å². The molecule has 0 saturated heterocycles. The van der Waals surface area contributed by atoms with Gasteiger partial charge >= 0.3 is 5.97 Å². The number of aliphatic carboxylic acids is 1. The van der Waals surface area contributed by atoms with Crippen LogP contribution in [0.3, 0.4) is 0 Å². The zero-order valence-electron chi connectivity index (χ0n) is 16.5. The van der Waals surface area contributed by atoms with Crippen molar-refractivity contribution in [1.82, 2.24) is 5.32 Å². The minimum atomic E-state index is -0.957. The monoisotopic (exact) mass is 379 g/mol. The van der Waals surface area contributed by atoms with Crippen molar-refractivity contribution in [2.45, 2.75) is 63.8 Å². The molecular weight excluding hydrogens is 350 g/mol. The Labute approximate surface area is 167 Å². The number of carbonyl (C=O) groups excluding carboxylic acids is 1. The number of unbranched alkanes of at least 4 members (excludes halogenated alkanes) is 5. The van der Waals surface area contributed by atoms with Gasteiger partial charge in [-0.25, -0.2) is 4.79 Å². The predicted molar refractivity (Wildman–Crippen MR) is 111 cm³/mol. The summed E-state index contributed by atoms with van der Waals surface area (Å²) in [4.78, 5) is 24.8. The third kappa shape index (κ3) is 4.44. The molecule has 0 bridgehead atoms. The number of benzene rings is 2. The predicted octanol–water partition coefficient (Wildman–Crippen LogP) is 5.12. The van der Waals surface area contributed by atoms with Gasteiger partial charge in [-0.05, 0) is 28.7 Å². The maximum atomic E-state index is 13.1. The number of amides is 1. The molecule has 0 fully saturated rings. The lowest BCUT2D eigenvalue weighted by atomic mass is 9.95. The van der Waals surface area contributed by atoms with Crippen molar-refractivity contribution < 1.29 is 14.7 Å². The first-order valence-corrected chi connectivity index (χ1v) is 10.3. The average molecular weight is 380 g/mol. The highest BCUT2D eigenvalue weighted by Crippen LogP contribution is 2.44. The van der Waals surface area contributed by atoms with Crippen LogP contribution in [0, 0.1) is 0 Å². The van der Waals surface area contributed by atoms with Crippen LogP contribution < -0.4 is 5.32 Å². The van der Waals surface area contributed by atoms with Gasteiger partial charge in [-0.2, -0.15) is 0 Å². The lowest BCUT2D eigenvalue weighted by Crippen LogP contribution is -2.43. The molecule has 1 aliphatic carbocycles. The van der Waals surface area contributed by atoms with Gasteiger partial charge in [0, 0.05) is 0 Å². The fourth-order valence-electron chi connectivity index (χ4n) is 4.08. The molecule has 2 N–H and O–H groups in total. The number of hydrogen-bond acceptors (Lipinski definition) is 2. The van der Waals surface area contributed by atoms with E-state index in [0.29, 0.717) is 6.42 Å². The second-order valence-electron chi connectivity index (χ2n) is 7.56. The van der Waals surface area contributed by atoms with Crippen molar-refractivity contribution in [1.29, 1.82) is 0 Å². The van der Waals surface area contributed by atoms with Gasteiger partial charge in [0.05, 0.1) is 5.92 Å². The lowest BCUT2D eigenvalue weighted by Gasteiger charge is -2.19. The highest BCUT2D eigenvalue weighted by molar-refractivity contribution is 5.97. The van der Waals surface area contributed by atoms with Crippen molar-refractivity contribution >= 4 is 11.9 Å². The number of nitrogens with one attached hydrogen (secondary N) is 1. The van der Waals surface area contributed by atoms with Gasteiger partial charge < -0.3 is 10.4 Å². The van der Waals surface area contributed by atoms with Crippen LogP contribution in [-0.2, 0) is 9.59 Å². The summed E-state index contributed by atoms with van der Waals surface area (Å²) in [6.07, 6.45) is 7.03. The molecule has 0 spiro atoms. The summed E-state index contributed by atoms with van der Waals surface area (Å²) in [6.45, 7) is 2.18. The van der Waals surface area contributed by atoms with E-state index < -0.39 is 17.9 Å². The minimum Gasteiger partial charge on any atom is -0.480 e. The van der Waals surface area contributed by atoms with Crippen molar-refractivity contribution in [2.24, 2.45) is 0 Å². The van der Waals surface area contributed by atoms with E-state index in [1.807, 2.05) is 48.5 Å². The third-order valence-electron chi connectivity index (χ3n) is 5.56. The summed E-state index contributed by atoms with van der Waals surface area (Å²) in [5.74, 6) is -1.63. The zero-order chi connectivity index (χ0) is 19.9. The first-order chi connectivity index (χ1) is 13.6. The first kappa shape index (κ1) is 20.1. The van der Waals surface area contributed by atoms with Gasteiger partial charge in [0.25, 0.3) is 0 Å². The van der Waals surface area contributed by atoms with Gasteiger partial charge in [-0.15, -0.1) is 0 Å². The molecule has 0 radical (unpaired) electrons. The summed E-state index contributed by atoms with van der Waals surface area (Å²) in [7, 11) is 0. The molecule has 1 atom stereocenters. The Bertz CT molecular complexity index is 785. The first-order valence-electron chi connectivity index (χ1n) is 10.3. The van der Waals surface area contributed by atoms with Crippen molar-refractivity contribution in [2.75, 3.05) is 0 Å². The fourth-order valence-corrected chi connectivity index (χ4v) is 4.08. The van der Waals surface area contributed by atoms with Crippen LogP contribution in [0.1, 0.15) is 68.9 Å². The Morgan fingerprint density at radius 1 is 0.893 bits per heavy atom. The summed E-state index contributed by atoms with van der Waals surface area (Å²) < 4.78 is 0. The number of carboxylic acid groups (broad SMARTS) is 1. The fraction of sp³-hybridized carbons (Fsp3) is 0.417. The number of carbonyl (C=O) groups is 2. The van der Waals surface area contributed by atoms with Crippen LogP contribution in [0.2, 0.25) is 0 Å². The number of carboxylic acids is 1. The molecule has 4 heteroatoms. The van der Waals surface area contributed by atoms with Gasteiger partial charge in [-0.3, -0.25) is 4.79 Å². The Hall–Kier alpha value is -2.62. The van der Waals surface area contributed by atoms with Crippen LogP contribution >= 0.6 is 0 Å². The number of hydrogen-bond donors (Lipinski definition) is 2. The Morgan fingerprint density at radius 3 is 2.00 bits per heavy atom. The molecule has 0 saturated carbocycles. The molecule has 148 valence electrons. The van der Waals surface area contributed by atoms with E-state index in [0.717, 1.165) is 41.5 Å². The van der Waals surface area contributed by atoms with Crippen molar-refractivity contribution in [3.8, 4) is 11.1 Å². The molecule has 2 aromatic carbocycles. The quantitative estimate of drug-likeness (QED) is 0.563. The van der Waals surface area contributed by atoms with Gasteiger partial charge in [0.2, 0.25) is 5.91 Å². The largest absolute Gasteiger partial charge is 0.480 e. The van der Waals surface area contributed by atoms with Crippen molar-refractivity contribution in [3.63, 3.8) is 0 Å². The van der Waals surface area contributed by atoms with Crippen LogP contribution in [-0.4, -0.2) is 23.0 Å². The standard InChI is InChI=1S/C24H29NO3/c1-2-3-4-5-6-7-16-21(24(27)28)25-23(26)22-19-14-10-8-12-17(19)18-13-9-11-15-20(18)22/h8-15,21-22H,2-7,16H2,1H3,(H,25,26)(H,27,28)/t21-/m1/s1. The molecular formula is C24H29NO3. The Kier molecular flexibility index (Phi) is 6.85. The molecule has 0 unspecified atom stereocenters. The lowest BCUT2D eigenvalue weighted by molar-refractivity contribution is -0.142. The summed E-state index contributed by atoms with van der Waals surface area (Å²) in [5, 5.41) is 12.4. The number of fused-ring (bicyclic) bond motifs is 3. The second kappa shape index (κ2) is 9.54. The topological polar surface area (TPSA) is 66.4 Å². The maximum Gasteiger partial charge on any atom is 0.326 e. The molecule has 0 aromatic heterocycles. The molecule has 0 aliphatic heterocycles. The van der Waals surface area contributed by atoms with E-state index in [1.165, 1.54) is 19.3 Å². The maximum absolute atomic E-state index is 13.1. The minimum absolute atomic E-state index is 0.226. The highest BCUT2D eigenvalue weighted by atomic mass is 16.4. The van der Waals surface area contributed by atoms with Gasteiger partial charge in [-0.1, -0.05) is 94.0 Å². The van der Waals surface area contributed by atoms with Crippen LogP contribution in [0.5, 0.6) is 0 Å². The molecule has 4 nitrogen and oxygen atoms in total. The van der Waals surface area contributed by atoms with E-state index in [4.69, 9.17) is 0 Å². The van der Waals surface area contributed by atoms with E-state index >= 15 is 0 Å². The van der Waals surface area contributed by atoms with E-state index in [1.54, 1.807) is 0 Å².